The number of hydrogen-bond acceptors (Lipinski definition) is 7. The maximum atomic E-state index is 10.9. The van der Waals surface area contributed by atoms with Crippen LogP contribution in [0.25, 0.3) is 0 Å². The van der Waals surface area contributed by atoms with Crippen LogP contribution in [0, 0.1) is 21.4 Å². The lowest BCUT2D eigenvalue weighted by Crippen LogP contribution is -2.09. The monoisotopic (exact) mass is 357 g/mol. The molecular formula is C17H15N3O4S. The van der Waals surface area contributed by atoms with Crippen molar-refractivity contribution in [2.45, 2.75) is 36.5 Å². The molecular weight excluding hydrogens is 342 g/mol. The first-order valence-corrected chi connectivity index (χ1v) is 8.73. The van der Waals surface area contributed by atoms with E-state index in [1.807, 2.05) is 6.07 Å². The number of phenols is 1. The number of aromatic hydroxyl groups is 2. The number of nitro benzene ring substituents is 1. The molecule has 0 amide bonds. The Balaban J connectivity index is 1.92. The number of fused-ring (bicyclic) bond motifs is 1. The SMILES string of the molecule is N#Cc1c(O)nc(SCc2cc([N+](=O)[O-])ccc2O)c2c1CCCC2. The predicted molar refractivity (Wildman–Crippen MR) is 91.6 cm³/mol. The van der Waals surface area contributed by atoms with Crippen LogP contribution in [0.2, 0.25) is 0 Å². The van der Waals surface area contributed by atoms with E-state index in [2.05, 4.69) is 4.98 Å². The minimum absolute atomic E-state index is 0.0233. The van der Waals surface area contributed by atoms with Crippen molar-refractivity contribution in [3.8, 4) is 17.7 Å². The van der Waals surface area contributed by atoms with E-state index in [-0.39, 0.29) is 28.6 Å². The van der Waals surface area contributed by atoms with Gasteiger partial charge in [0.25, 0.3) is 5.69 Å². The van der Waals surface area contributed by atoms with Crippen LogP contribution in [0.5, 0.6) is 11.6 Å². The first kappa shape index (κ1) is 17.0. The molecule has 2 N–H and O–H groups in total. The number of pyridine rings is 1. The van der Waals surface area contributed by atoms with E-state index in [0.29, 0.717) is 10.6 Å². The molecule has 3 rings (SSSR count). The van der Waals surface area contributed by atoms with Gasteiger partial charge in [0.05, 0.1) is 4.92 Å². The summed E-state index contributed by atoms with van der Waals surface area (Å²) in [6.07, 6.45) is 3.45. The molecule has 1 aliphatic rings. The fourth-order valence-electron chi connectivity index (χ4n) is 2.96. The van der Waals surface area contributed by atoms with Crippen molar-refractivity contribution in [3.63, 3.8) is 0 Å². The van der Waals surface area contributed by atoms with Gasteiger partial charge in [-0.3, -0.25) is 10.1 Å². The molecule has 0 radical (unpaired) electrons. The molecule has 1 aromatic carbocycles. The number of nitriles is 1. The van der Waals surface area contributed by atoms with Crippen molar-refractivity contribution >= 4 is 17.4 Å². The summed E-state index contributed by atoms with van der Waals surface area (Å²) in [6.45, 7) is 0. The highest BCUT2D eigenvalue weighted by Gasteiger charge is 2.22. The standard InChI is InChI=1S/C17H15N3O4S/c18-8-14-12-3-1-2-4-13(12)17(19-16(14)22)25-9-10-7-11(20(23)24)5-6-15(10)21/h5-7,21H,1-4,9H2,(H,19,22). The van der Waals surface area contributed by atoms with Crippen LogP contribution in [0.4, 0.5) is 5.69 Å². The van der Waals surface area contributed by atoms with Gasteiger partial charge in [0, 0.05) is 23.4 Å². The minimum atomic E-state index is -0.513. The van der Waals surface area contributed by atoms with Crippen LogP contribution in [0.1, 0.15) is 35.1 Å². The van der Waals surface area contributed by atoms with Gasteiger partial charge in [-0.1, -0.05) is 0 Å². The highest BCUT2D eigenvalue weighted by molar-refractivity contribution is 7.98. The number of nitro groups is 1. The Labute approximate surface area is 148 Å². The highest BCUT2D eigenvalue weighted by Crippen LogP contribution is 2.37. The lowest BCUT2D eigenvalue weighted by atomic mass is 9.90. The fourth-order valence-corrected chi connectivity index (χ4v) is 4.03. The molecule has 0 saturated heterocycles. The van der Waals surface area contributed by atoms with Crippen LogP contribution in [0.3, 0.4) is 0 Å². The number of non-ortho nitro benzene ring substituents is 1. The molecule has 0 atom stereocenters. The third-order valence-corrected chi connectivity index (χ3v) is 5.28. The second-order valence-electron chi connectivity index (χ2n) is 5.75. The Morgan fingerprint density at radius 2 is 2.00 bits per heavy atom. The first-order valence-electron chi connectivity index (χ1n) is 7.75. The van der Waals surface area contributed by atoms with E-state index in [1.165, 1.54) is 30.0 Å². The van der Waals surface area contributed by atoms with Crippen molar-refractivity contribution in [3.05, 3.63) is 50.6 Å². The van der Waals surface area contributed by atoms with Crippen LogP contribution in [-0.4, -0.2) is 20.1 Å². The summed E-state index contributed by atoms with van der Waals surface area (Å²) in [7, 11) is 0. The van der Waals surface area contributed by atoms with Crippen molar-refractivity contribution in [2.75, 3.05) is 0 Å². The molecule has 25 heavy (non-hydrogen) atoms. The lowest BCUT2D eigenvalue weighted by molar-refractivity contribution is -0.384. The molecule has 0 saturated carbocycles. The molecule has 0 aliphatic heterocycles. The summed E-state index contributed by atoms with van der Waals surface area (Å²) in [5, 5.41) is 40.7. The normalized spacial score (nSPS) is 13.1. The number of phenolic OH excluding ortho intramolecular Hbond substituents is 1. The molecule has 8 heteroatoms. The van der Waals surface area contributed by atoms with Gasteiger partial charge in [-0.15, -0.1) is 11.8 Å². The third-order valence-electron chi connectivity index (χ3n) is 4.21. The van der Waals surface area contributed by atoms with E-state index < -0.39 is 4.92 Å². The topological polar surface area (TPSA) is 120 Å². The van der Waals surface area contributed by atoms with Gasteiger partial charge in [-0.2, -0.15) is 5.26 Å². The molecule has 7 nitrogen and oxygen atoms in total. The number of aromatic nitrogens is 1. The summed E-state index contributed by atoms with van der Waals surface area (Å²) >= 11 is 1.29. The van der Waals surface area contributed by atoms with Crippen LogP contribution in [-0.2, 0) is 18.6 Å². The number of nitrogens with zero attached hydrogens (tertiary/aromatic N) is 3. The molecule has 0 fully saturated rings. The van der Waals surface area contributed by atoms with Gasteiger partial charge >= 0.3 is 0 Å². The summed E-state index contributed by atoms with van der Waals surface area (Å²) in [5.74, 6) is -0.0306. The van der Waals surface area contributed by atoms with E-state index in [1.54, 1.807) is 0 Å². The number of benzene rings is 1. The van der Waals surface area contributed by atoms with Gasteiger partial charge in [-0.25, -0.2) is 4.98 Å². The van der Waals surface area contributed by atoms with Gasteiger partial charge in [-0.05, 0) is 42.9 Å². The van der Waals surface area contributed by atoms with Crippen molar-refractivity contribution < 1.29 is 15.1 Å². The molecule has 0 spiro atoms. The predicted octanol–water partition coefficient (Wildman–Crippen LogP) is 3.44. The quantitative estimate of drug-likeness (QED) is 0.488. The van der Waals surface area contributed by atoms with E-state index in [9.17, 15) is 25.6 Å². The van der Waals surface area contributed by atoms with Gasteiger partial charge in [0.15, 0.2) is 0 Å². The van der Waals surface area contributed by atoms with Crippen molar-refractivity contribution in [1.82, 2.24) is 4.98 Å². The Morgan fingerprint density at radius 3 is 2.68 bits per heavy atom. The third kappa shape index (κ3) is 3.37. The Bertz CT molecular complexity index is 892. The zero-order valence-electron chi connectivity index (χ0n) is 13.2. The van der Waals surface area contributed by atoms with E-state index in [0.717, 1.165) is 36.8 Å². The molecule has 1 heterocycles. The van der Waals surface area contributed by atoms with Gasteiger partial charge in [0.2, 0.25) is 5.88 Å². The summed E-state index contributed by atoms with van der Waals surface area (Å²) in [5.41, 5.74) is 2.36. The molecule has 128 valence electrons. The van der Waals surface area contributed by atoms with E-state index >= 15 is 0 Å². The summed E-state index contributed by atoms with van der Waals surface area (Å²) in [6, 6.07) is 5.89. The fraction of sp³-hybridized carbons (Fsp3) is 0.294. The zero-order valence-corrected chi connectivity index (χ0v) is 14.0. The smallest absolute Gasteiger partial charge is 0.270 e. The Kier molecular flexibility index (Phi) is 4.76. The molecule has 2 aromatic rings. The molecule has 0 unspecified atom stereocenters. The van der Waals surface area contributed by atoms with Crippen LogP contribution >= 0.6 is 11.8 Å². The first-order chi connectivity index (χ1) is 12.0. The number of hydrogen-bond donors (Lipinski definition) is 2. The second-order valence-corrected chi connectivity index (χ2v) is 6.71. The average Bonchev–Trinajstić information content (AvgIpc) is 2.60. The van der Waals surface area contributed by atoms with E-state index in [4.69, 9.17) is 0 Å². The average molecular weight is 357 g/mol. The van der Waals surface area contributed by atoms with Crippen molar-refractivity contribution in [2.24, 2.45) is 0 Å². The number of thioether (sulfide) groups is 1. The lowest BCUT2D eigenvalue weighted by Gasteiger charge is -2.20. The Hall–Kier alpha value is -2.79. The Morgan fingerprint density at radius 1 is 1.28 bits per heavy atom. The van der Waals surface area contributed by atoms with Crippen LogP contribution in [0.15, 0.2) is 23.2 Å². The van der Waals surface area contributed by atoms with Crippen molar-refractivity contribution in [1.29, 1.82) is 5.26 Å². The zero-order chi connectivity index (χ0) is 18.0. The van der Waals surface area contributed by atoms with Gasteiger partial charge < -0.3 is 10.2 Å². The summed E-state index contributed by atoms with van der Waals surface area (Å²) in [4.78, 5) is 14.5. The highest BCUT2D eigenvalue weighted by atomic mass is 32.2. The second kappa shape index (κ2) is 6.99. The maximum Gasteiger partial charge on any atom is 0.270 e. The van der Waals surface area contributed by atoms with Gasteiger partial charge in [0.1, 0.15) is 22.4 Å². The molecule has 1 aliphatic carbocycles. The maximum absolute atomic E-state index is 10.9. The van der Waals surface area contributed by atoms with Crippen LogP contribution < -0.4 is 0 Å². The summed E-state index contributed by atoms with van der Waals surface area (Å²) < 4.78 is 0. The minimum Gasteiger partial charge on any atom is -0.508 e. The number of rotatable bonds is 4. The molecule has 1 aromatic heterocycles. The molecule has 0 bridgehead atoms. The largest absolute Gasteiger partial charge is 0.508 e.